The Kier molecular flexibility index (Phi) is 7.41. The van der Waals surface area contributed by atoms with E-state index < -0.39 is 0 Å². The lowest BCUT2D eigenvalue weighted by Gasteiger charge is -2.41. The van der Waals surface area contributed by atoms with Crippen LogP contribution in [0.4, 0.5) is 17.6 Å². The van der Waals surface area contributed by atoms with Crippen LogP contribution in [0.1, 0.15) is 51.6 Å². The van der Waals surface area contributed by atoms with Crippen molar-refractivity contribution in [2.75, 3.05) is 36.9 Å². The highest BCUT2D eigenvalue weighted by molar-refractivity contribution is 6.32. The standard InChI is InChI=1S/C26H36ClN7O/c1-16-13-23(29-26-28-15-22(27)25(31-26)30-24-14-18(3)32-33-24)17(2)12-21(16)19-4-6-20(7-5-19)34-8-10-35-11-9-34/h13-15,19-21H,4-12H2,1-3H3,(H3,28,29,30,31,32,33)/t19-,20+,21?. The van der Waals surface area contributed by atoms with Crippen molar-refractivity contribution in [3.05, 3.63) is 45.9 Å². The number of allylic oxidation sites excluding steroid dienone is 3. The summed E-state index contributed by atoms with van der Waals surface area (Å²) in [5.41, 5.74) is 4.85. The third kappa shape index (κ3) is 5.71. The summed E-state index contributed by atoms with van der Waals surface area (Å²) < 4.78 is 5.54. The molecule has 3 aliphatic rings. The number of hydrogen-bond acceptors (Lipinski definition) is 7. The Hall–Kier alpha value is -2.42. The molecule has 1 unspecified atom stereocenters. The first-order valence-corrected chi connectivity index (χ1v) is 13.1. The Balaban J connectivity index is 1.21. The summed E-state index contributed by atoms with van der Waals surface area (Å²) in [7, 11) is 0. The average Bonchev–Trinajstić information content (AvgIpc) is 3.28. The molecule has 0 spiro atoms. The van der Waals surface area contributed by atoms with E-state index in [0.717, 1.165) is 56.1 Å². The van der Waals surface area contributed by atoms with Crippen LogP contribution in [0, 0.1) is 18.8 Å². The Morgan fingerprint density at radius 3 is 2.57 bits per heavy atom. The van der Waals surface area contributed by atoms with Crippen LogP contribution in [0.5, 0.6) is 0 Å². The third-order valence-electron chi connectivity index (χ3n) is 7.76. The number of halogens is 1. The lowest BCUT2D eigenvalue weighted by Crippen LogP contribution is -2.45. The Morgan fingerprint density at radius 2 is 1.86 bits per heavy atom. The Morgan fingerprint density at radius 1 is 1.09 bits per heavy atom. The first-order valence-electron chi connectivity index (χ1n) is 12.7. The van der Waals surface area contributed by atoms with Crippen molar-refractivity contribution in [1.82, 2.24) is 25.1 Å². The van der Waals surface area contributed by atoms with Crippen LogP contribution in [0.15, 0.2) is 35.2 Å². The molecule has 188 valence electrons. The number of H-pyrrole nitrogens is 1. The lowest BCUT2D eigenvalue weighted by molar-refractivity contribution is 0.00305. The molecule has 35 heavy (non-hydrogen) atoms. The Labute approximate surface area is 212 Å². The molecule has 2 fully saturated rings. The third-order valence-corrected chi connectivity index (χ3v) is 8.03. The highest BCUT2D eigenvalue weighted by Crippen LogP contribution is 2.41. The summed E-state index contributed by atoms with van der Waals surface area (Å²) in [6, 6.07) is 2.65. The summed E-state index contributed by atoms with van der Waals surface area (Å²) in [4.78, 5) is 11.6. The van der Waals surface area contributed by atoms with Crippen LogP contribution < -0.4 is 10.6 Å². The largest absolute Gasteiger partial charge is 0.379 e. The number of hydrogen-bond donors (Lipinski definition) is 3. The topological polar surface area (TPSA) is 91.0 Å². The molecule has 2 aromatic heterocycles. The van der Waals surface area contributed by atoms with Crippen molar-refractivity contribution >= 4 is 29.2 Å². The molecule has 1 saturated heterocycles. The second kappa shape index (κ2) is 10.7. The molecule has 2 aliphatic carbocycles. The maximum absolute atomic E-state index is 6.33. The minimum atomic E-state index is 0.449. The molecular weight excluding hydrogens is 462 g/mol. The molecule has 2 aromatic rings. The smallest absolute Gasteiger partial charge is 0.229 e. The maximum atomic E-state index is 6.33. The highest BCUT2D eigenvalue weighted by Gasteiger charge is 2.33. The highest BCUT2D eigenvalue weighted by atomic mass is 35.5. The SMILES string of the molecule is CC1=CC(Nc2ncc(Cl)c(Nc3cc(C)[nH]n3)n2)=C(C)CC1[C@H]1CC[C@@H](N2CCOCC2)CC1. The number of nitrogens with zero attached hydrogens (tertiary/aromatic N) is 4. The van der Waals surface area contributed by atoms with E-state index >= 15 is 0 Å². The fourth-order valence-electron chi connectivity index (χ4n) is 5.79. The van der Waals surface area contributed by atoms with Gasteiger partial charge >= 0.3 is 0 Å². The number of aryl methyl sites for hydroxylation is 1. The number of ether oxygens (including phenoxy) is 1. The van der Waals surface area contributed by atoms with Crippen LogP contribution in [0.3, 0.4) is 0 Å². The molecule has 3 heterocycles. The van der Waals surface area contributed by atoms with Crippen LogP contribution in [0.25, 0.3) is 0 Å². The number of anilines is 3. The number of aromatic nitrogens is 4. The van der Waals surface area contributed by atoms with Gasteiger partial charge in [-0.1, -0.05) is 17.2 Å². The molecule has 0 aromatic carbocycles. The summed E-state index contributed by atoms with van der Waals surface area (Å²) in [5, 5.41) is 14.2. The first-order chi connectivity index (χ1) is 17.0. The second-order valence-electron chi connectivity index (χ2n) is 10.2. The number of morpholine rings is 1. The van der Waals surface area contributed by atoms with Crippen LogP contribution in [0.2, 0.25) is 5.02 Å². The van der Waals surface area contributed by atoms with Gasteiger partial charge in [0, 0.05) is 36.6 Å². The molecule has 9 heteroatoms. The molecule has 8 nitrogen and oxygen atoms in total. The second-order valence-corrected chi connectivity index (χ2v) is 10.6. The van der Waals surface area contributed by atoms with Gasteiger partial charge in [0.1, 0.15) is 5.02 Å². The zero-order chi connectivity index (χ0) is 24.4. The van der Waals surface area contributed by atoms with Gasteiger partial charge in [-0.15, -0.1) is 0 Å². The summed E-state index contributed by atoms with van der Waals surface area (Å²) in [6.07, 6.45) is 10.2. The van der Waals surface area contributed by atoms with E-state index in [1.165, 1.54) is 36.8 Å². The van der Waals surface area contributed by atoms with Gasteiger partial charge < -0.3 is 15.4 Å². The fourth-order valence-corrected chi connectivity index (χ4v) is 5.93. The maximum Gasteiger partial charge on any atom is 0.229 e. The van der Waals surface area contributed by atoms with Gasteiger partial charge in [0.15, 0.2) is 11.6 Å². The van der Waals surface area contributed by atoms with E-state index in [9.17, 15) is 0 Å². The number of rotatable bonds is 6. The first kappa shape index (κ1) is 24.3. The Bertz CT molecular complexity index is 1100. The van der Waals surface area contributed by atoms with Crippen molar-refractivity contribution in [1.29, 1.82) is 0 Å². The monoisotopic (exact) mass is 497 g/mol. The summed E-state index contributed by atoms with van der Waals surface area (Å²) in [6.45, 7) is 10.4. The van der Waals surface area contributed by atoms with Crippen molar-refractivity contribution < 1.29 is 4.74 Å². The zero-order valence-corrected chi connectivity index (χ0v) is 21.7. The average molecular weight is 498 g/mol. The van der Waals surface area contributed by atoms with Crippen molar-refractivity contribution in [2.24, 2.45) is 11.8 Å². The molecule has 1 aliphatic heterocycles. The predicted molar refractivity (Wildman–Crippen MR) is 140 cm³/mol. The normalized spacial score (nSPS) is 25.9. The molecule has 0 amide bonds. The van der Waals surface area contributed by atoms with Crippen molar-refractivity contribution in [3.63, 3.8) is 0 Å². The van der Waals surface area contributed by atoms with E-state index in [2.05, 4.69) is 55.6 Å². The molecule has 1 saturated carbocycles. The van der Waals surface area contributed by atoms with Gasteiger partial charge in [0.25, 0.3) is 0 Å². The van der Waals surface area contributed by atoms with Gasteiger partial charge in [-0.25, -0.2) is 4.98 Å². The summed E-state index contributed by atoms with van der Waals surface area (Å²) >= 11 is 6.33. The zero-order valence-electron chi connectivity index (χ0n) is 20.9. The van der Waals surface area contributed by atoms with E-state index in [4.69, 9.17) is 16.3 Å². The number of nitrogens with one attached hydrogen (secondary N) is 3. The van der Waals surface area contributed by atoms with Gasteiger partial charge in [0.05, 0.1) is 19.4 Å². The molecule has 1 atom stereocenters. The van der Waals surface area contributed by atoms with Crippen LogP contribution >= 0.6 is 11.6 Å². The van der Waals surface area contributed by atoms with Crippen LogP contribution in [-0.2, 0) is 4.74 Å². The van der Waals surface area contributed by atoms with Gasteiger partial charge in [-0.05, 0) is 76.4 Å². The van der Waals surface area contributed by atoms with E-state index in [0.29, 0.717) is 28.5 Å². The van der Waals surface area contributed by atoms with Crippen molar-refractivity contribution in [3.8, 4) is 0 Å². The van der Waals surface area contributed by atoms with Crippen molar-refractivity contribution in [2.45, 2.75) is 58.9 Å². The quantitative estimate of drug-likeness (QED) is 0.489. The summed E-state index contributed by atoms with van der Waals surface area (Å²) in [5.74, 6) is 3.11. The minimum absolute atomic E-state index is 0.449. The predicted octanol–water partition coefficient (Wildman–Crippen LogP) is 5.45. The fraction of sp³-hybridized carbons (Fsp3) is 0.577. The molecule has 3 N–H and O–H groups in total. The molecular formula is C26H36ClN7O. The molecule has 5 rings (SSSR count). The van der Waals surface area contributed by atoms with Gasteiger partial charge in [0.2, 0.25) is 5.95 Å². The van der Waals surface area contributed by atoms with E-state index in [1.807, 2.05) is 13.0 Å². The minimum Gasteiger partial charge on any atom is -0.379 e. The molecule has 0 radical (unpaired) electrons. The van der Waals surface area contributed by atoms with Gasteiger partial charge in [-0.3, -0.25) is 10.00 Å². The van der Waals surface area contributed by atoms with E-state index in [1.54, 1.807) is 6.20 Å². The van der Waals surface area contributed by atoms with Gasteiger partial charge in [-0.2, -0.15) is 10.1 Å². The lowest BCUT2D eigenvalue weighted by atomic mass is 9.71. The van der Waals surface area contributed by atoms with Crippen LogP contribution in [-0.4, -0.2) is 57.4 Å². The molecule has 0 bridgehead atoms. The number of aromatic amines is 1. The van der Waals surface area contributed by atoms with E-state index in [-0.39, 0.29) is 0 Å².